The third-order valence-electron chi connectivity index (χ3n) is 1.50. The average Bonchev–Trinajstić information content (AvgIpc) is 1.90. The topological polar surface area (TPSA) is 23.9 Å². The van der Waals surface area contributed by atoms with Gasteiger partial charge in [-0.05, 0) is 36.5 Å². The molecule has 1 aliphatic heterocycles. The van der Waals surface area contributed by atoms with Gasteiger partial charge in [0.15, 0.2) is 0 Å². The summed E-state index contributed by atoms with van der Waals surface area (Å²) in [5, 5.41) is 6.96. The Kier molecular flexibility index (Phi) is 2.40. The molecule has 46 valence electrons. The number of nitrogens with one attached hydrogen (secondary N) is 1. The second-order valence-corrected chi connectivity index (χ2v) is 3.34. The van der Waals surface area contributed by atoms with Crippen LogP contribution in [0.3, 0.4) is 0 Å². The van der Waals surface area contributed by atoms with Crippen molar-refractivity contribution in [3.05, 3.63) is 0 Å². The second-order valence-electron chi connectivity index (χ2n) is 2.12. The molecule has 0 unspecified atom stereocenters. The molecule has 2 heteroatoms. The van der Waals surface area contributed by atoms with Crippen molar-refractivity contribution in [2.45, 2.75) is 12.8 Å². The van der Waals surface area contributed by atoms with Gasteiger partial charge < -0.3 is 5.41 Å². The predicted octanol–water partition coefficient (Wildman–Crippen LogP) is 1.78. The molecule has 8 heavy (non-hydrogen) atoms. The van der Waals surface area contributed by atoms with Crippen LogP contribution in [-0.2, 0) is 0 Å². The van der Waals surface area contributed by atoms with E-state index >= 15 is 0 Å². The zero-order chi connectivity index (χ0) is 5.82. The third-order valence-corrected chi connectivity index (χ3v) is 2.55. The summed E-state index contributed by atoms with van der Waals surface area (Å²) >= 11 is 2.01. The molecule has 0 aromatic rings. The molecule has 1 heterocycles. The van der Waals surface area contributed by atoms with Crippen molar-refractivity contribution in [2.75, 3.05) is 11.5 Å². The Hall–Kier alpha value is 0.0200. The van der Waals surface area contributed by atoms with Gasteiger partial charge in [-0.25, -0.2) is 0 Å². The van der Waals surface area contributed by atoms with E-state index in [0.717, 1.165) is 0 Å². The molecule has 0 atom stereocenters. The zero-order valence-corrected chi connectivity index (χ0v) is 5.71. The molecular weight excluding hydrogens is 118 g/mol. The lowest BCUT2D eigenvalue weighted by Crippen LogP contribution is -2.09. The van der Waals surface area contributed by atoms with Gasteiger partial charge in [-0.3, -0.25) is 0 Å². The summed E-state index contributed by atoms with van der Waals surface area (Å²) in [7, 11) is 0. The molecule has 1 aliphatic rings. The van der Waals surface area contributed by atoms with Crippen molar-refractivity contribution in [1.82, 2.24) is 0 Å². The van der Waals surface area contributed by atoms with Crippen molar-refractivity contribution in [1.29, 1.82) is 5.41 Å². The highest BCUT2D eigenvalue weighted by Crippen LogP contribution is 2.20. The molecule has 0 bridgehead atoms. The van der Waals surface area contributed by atoms with E-state index in [0.29, 0.717) is 5.92 Å². The second kappa shape index (κ2) is 3.13. The monoisotopic (exact) mass is 129 g/mol. The highest BCUT2D eigenvalue weighted by atomic mass is 32.2. The largest absolute Gasteiger partial charge is 0.313 e. The molecule has 0 radical (unpaired) electrons. The first kappa shape index (κ1) is 6.14. The first-order chi connectivity index (χ1) is 3.93. The fourth-order valence-corrected chi connectivity index (χ4v) is 2.03. The van der Waals surface area contributed by atoms with Crippen LogP contribution in [0.1, 0.15) is 12.8 Å². The molecule has 0 amide bonds. The Labute approximate surface area is 54.4 Å². The van der Waals surface area contributed by atoms with Crippen LogP contribution in [0.5, 0.6) is 0 Å². The van der Waals surface area contributed by atoms with Gasteiger partial charge in [-0.15, -0.1) is 0 Å². The zero-order valence-electron chi connectivity index (χ0n) is 4.89. The first-order valence-corrected chi connectivity index (χ1v) is 4.17. The molecule has 0 aliphatic carbocycles. The van der Waals surface area contributed by atoms with Crippen LogP contribution in [0.15, 0.2) is 0 Å². The van der Waals surface area contributed by atoms with Crippen molar-refractivity contribution >= 4 is 18.0 Å². The number of rotatable bonds is 1. The van der Waals surface area contributed by atoms with E-state index in [-0.39, 0.29) is 0 Å². The Morgan fingerprint density at radius 1 is 1.38 bits per heavy atom. The van der Waals surface area contributed by atoms with Crippen LogP contribution in [-0.4, -0.2) is 17.7 Å². The molecule has 1 N–H and O–H groups in total. The van der Waals surface area contributed by atoms with Crippen LogP contribution < -0.4 is 0 Å². The van der Waals surface area contributed by atoms with E-state index in [1.54, 1.807) is 6.21 Å². The van der Waals surface area contributed by atoms with Gasteiger partial charge in [-0.2, -0.15) is 11.8 Å². The fraction of sp³-hybridized carbons (Fsp3) is 0.833. The maximum atomic E-state index is 6.96. The number of hydrogen-bond donors (Lipinski definition) is 1. The van der Waals surface area contributed by atoms with E-state index in [9.17, 15) is 0 Å². The van der Waals surface area contributed by atoms with Crippen LogP contribution in [0.25, 0.3) is 0 Å². The normalized spacial score (nSPS) is 23.0. The summed E-state index contributed by atoms with van der Waals surface area (Å²) in [5.41, 5.74) is 0. The highest BCUT2D eigenvalue weighted by molar-refractivity contribution is 7.99. The number of hydrogen-bond acceptors (Lipinski definition) is 2. The smallest absolute Gasteiger partial charge is 0.00161 e. The van der Waals surface area contributed by atoms with Gasteiger partial charge >= 0.3 is 0 Å². The van der Waals surface area contributed by atoms with Gasteiger partial charge in [0.1, 0.15) is 0 Å². The lowest BCUT2D eigenvalue weighted by atomic mass is 10.1. The lowest BCUT2D eigenvalue weighted by Gasteiger charge is -2.15. The standard InChI is InChI=1S/C6H11NS/c7-5-6-1-3-8-4-2-6/h5-7H,1-4H2. The maximum absolute atomic E-state index is 6.96. The van der Waals surface area contributed by atoms with Gasteiger partial charge in [0, 0.05) is 0 Å². The van der Waals surface area contributed by atoms with Crippen molar-refractivity contribution in [3.63, 3.8) is 0 Å². The minimum atomic E-state index is 0.608. The Bertz CT molecular complexity index is 76.6. The van der Waals surface area contributed by atoms with Gasteiger partial charge in [-0.1, -0.05) is 0 Å². The molecule has 0 saturated carbocycles. The SMILES string of the molecule is N=CC1CCSCC1. The Morgan fingerprint density at radius 2 is 2.00 bits per heavy atom. The molecule has 0 aromatic carbocycles. The van der Waals surface area contributed by atoms with E-state index < -0.39 is 0 Å². The van der Waals surface area contributed by atoms with Gasteiger partial charge in [0.25, 0.3) is 0 Å². The molecule has 1 fully saturated rings. The van der Waals surface area contributed by atoms with E-state index in [1.165, 1.54) is 24.3 Å². The van der Waals surface area contributed by atoms with E-state index in [4.69, 9.17) is 5.41 Å². The molecule has 0 spiro atoms. The number of thioether (sulfide) groups is 1. The predicted molar refractivity (Wildman–Crippen MR) is 38.8 cm³/mol. The van der Waals surface area contributed by atoms with E-state index in [2.05, 4.69) is 0 Å². The van der Waals surface area contributed by atoms with Crippen molar-refractivity contribution in [3.8, 4) is 0 Å². The van der Waals surface area contributed by atoms with Crippen LogP contribution in [0, 0.1) is 11.3 Å². The summed E-state index contributed by atoms with van der Waals surface area (Å²) in [6, 6.07) is 0. The van der Waals surface area contributed by atoms with Crippen LogP contribution >= 0.6 is 11.8 Å². The third kappa shape index (κ3) is 1.51. The summed E-state index contributed by atoms with van der Waals surface area (Å²) in [6.45, 7) is 0. The van der Waals surface area contributed by atoms with Crippen molar-refractivity contribution in [2.24, 2.45) is 5.92 Å². The minimum absolute atomic E-state index is 0.608. The quantitative estimate of drug-likeness (QED) is 0.536. The molecule has 0 aromatic heterocycles. The molecule has 1 nitrogen and oxygen atoms in total. The van der Waals surface area contributed by atoms with Crippen molar-refractivity contribution < 1.29 is 0 Å². The summed E-state index contributed by atoms with van der Waals surface area (Å²) in [4.78, 5) is 0. The Morgan fingerprint density at radius 3 is 2.38 bits per heavy atom. The minimum Gasteiger partial charge on any atom is -0.313 e. The van der Waals surface area contributed by atoms with Gasteiger partial charge in [0.2, 0.25) is 0 Å². The fourth-order valence-electron chi connectivity index (χ4n) is 0.882. The average molecular weight is 129 g/mol. The first-order valence-electron chi connectivity index (χ1n) is 3.02. The van der Waals surface area contributed by atoms with Crippen LogP contribution in [0.2, 0.25) is 0 Å². The summed E-state index contributed by atoms with van der Waals surface area (Å²) < 4.78 is 0. The van der Waals surface area contributed by atoms with Crippen LogP contribution in [0.4, 0.5) is 0 Å². The maximum Gasteiger partial charge on any atom is -0.00161 e. The van der Waals surface area contributed by atoms with E-state index in [1.807, 2.05) is 11.8 Å². The van der Waals surface area contributed by atoms with Gasteiger partial charge in [0.05, 0.1) is 0 Å². The Balaban J connectivity index is 2.22. The summed E-state index contributed by atoms with van der Waals surface area (Å²) in [5.74, 6) is 3.14. The molecule has 1 saturated heterocycles. The highest BCUT2D eigenvalue weighted by Gasteiger charge is 2.09. The lowest BCUT2D eigenvalue weighted by molar-refractivity contribution is 0.647. The molecule has 1 rings (SSSR count). The summed E-state index contributed by atoms with van der Waals surface area (Å²) in [6.07, 6.45) is 4.06. The molecular formula is C6H11NS.